The predicted octanol–water partition coefficient (Wildman–Crippen LogP) is 15.9. The van der Waals surface area contributed by atoms with Gasteiger partial charge in [-0.3, -0.25) is 0 Å². The number of para-hydroxylation sites is 2. The average Bonchev–Trinajstić information content (AvgIpc) is 3.92. The molecule has 282 valence electrons. The van der Waals surface area contributed by atoms with Gasteiger partial charge in [0.05, 0.1) is 16.7 Å². The van der Waals surface area contributed by atoms with Crippen LogP contribution >= 0.6 is 0 Å². The molecule has 1 aliphatic carbocycles. The molecule has 0 fully saturated rings. The maximum atomic E-state index is 6.58. The molecule has 0 saturated carbocycles. The third-order valence-corrected chi connectivity index (χ3v) is 13.3. The summed E-state index contributed by atoms with van der Waals surface area (Å²) < 4.78 is 8.96. The highest BCUT2D eigenvalue weighted by Crippen LogP contribution is 2.53. The van der Waals surface area contributed by atoms with E-state index in [0.717, 1.165) is 28.2 Å². The van der Waals surface area contributed by atoms with Gasteiger partial charge in [-0.25, -0.2) is 0 Å². The summed E-state index contributed by atoms with van der Waals surface area (Å²) in [5.41, 5.74) is 16.4. The molecule has 12 aromatic rings. The van der Waals surface area contributed by atoms with E-state index in [9.17, 15) is 0 Å². The summed E-state index contributed by atoms with van der Waals surface area (Å²) in [6, 6.07) is 71.2. The fraction of sp³-hybridized carbons (Fsp3) is 0.0526. The zero-order chi connectivity index (χ0) is 39.7. The lowest BCUT2D eigenvalue weighted by atomic mass is 9.82. The largest absolute Gasteiger partial charge is 0.456 e. The SMILES string of the molecule is CC1(C)c2ccccc2-c2ccc(N(c3ccc(-c4ccc5c(c4)c4ccccc4n5-c4ccccc4)cc3)c3ccc4oc5cccc6c7ccccc7c3c4c56)cc21. The fourth-order valence-electron chi connectivity index (χ4n) is 10.6. The summed E-state index contributed by atoms with van der Waals surface area (Å²) in [5, 5.41) is 9.74. The van der Waals surface area contributed by atoms with Crippen LogP contribution < -0.4 is 4.90 Å². The van der Waals surface area contributed by atoms with Crippen LogP contribution in [0.4, 0.5) is 17.1 Å². The summed E-state index contributed by atoms with van der Waals surface area (Å²) in [6.45, 7) is 4.72. The zero-order valence-electron chi connectivity index (χ0n) is 33.3. The van der Waals surface area contributed by atoms with Gasteiger partial charge in [-0.15, -0.1) is 0 Å². The first kappa shape index (κ1) is 33.4. The second-order valence-corrected chi connectivity index (χ2v) is 16.9. The smallest absolute Gasteiger partial charge is 0.136 e. The number of furan rings is 1. The summed E-state index contributed by atoms with van der Waals surface area (Å²) in [4.78, 5) is 2.47. The molecule has 0 bridgehead atoms. The molecular weight excluding hydrogens is 729 g/mol. The van der Waals surface area contributed by atoms with Crippen LogP contribution in [-0.4, -0.2) is 4.57 Å². The van der Waals surface area contributed by atoms with Gasteiger partial charge in [-0.2, -0.15) is 0 Å². The van der Waals surface area contributed by atoms with Crippen molar-refractivity contribution in [1.82, 2.24) is 4.57 Å². The first-order valence-corrected chi connectivity index (χ1v) is 20.8. The average molecular weight is 767 g/mol. The molecule has 0 saturated heterocycles. The van der Waals surface area contributed by atoms with Crippen molar-refractivity contribution in [2.45, 2.75) is 19.3 Å². The maximum Gasteiger partial charge on any atom is 0.136 e. The van der Waals surface area contributed by atoms with Crippen LogP contribution in [0.5, 0.6) is 0 Å². The molecule has 0 unspecified atom stereocenters. The highest BCUT2D eigenvalue weighted by Gasteiger charge is 2.36. The predicted molar refractivity (Wildman–Crippen MR) is 252 cm³/mol. The van der Waals surface area contributed by atoms with E-state index in [0.29, 0.717) is 0 Å². The molecule has 0 spiro atoms. The van der Waals surface area contributed by atoms with Crippen molar-refractivity contribution in [2.75, 3.05) is 4.90 Å². The Bertz CT molecular complexity index is 3680. The third-order valence-electron chi connectivity index (χ3n) is 13.3. The molecule has 0 N–H and O–H groups in total. The third kappa shape index (κ3) is 4.55. The van der Waals surface area contributed by atoms with E-state index < -0.39 is 0 Å². The molecule has 0 aliphatic heterocycles. The van der Waals surface area contributed by atoms with Crippen molar-refractivity contribution in [1.29, 1.82) is 0 Å². The van der Waals surface area contributed by atoms with Crippen molar-refractivity contribution in [3.8, 4) is 27.9 Å². The minimum absolute atomic E-state index is 0.139. The van der Waals surface area contributed by atoms with E-state index in [1.165, 1.54) is 93.2 Å². The molecule has 3 heteroatoms. The highest BCUT2D eigenvalue weighted by molar-refractivity contribution is 6.35. The van der Waals surface area contributed by atoms with Crippen molar-refractivity contribution >= 4 is 82.4 Å². The summed E-state index contributed by atoms with van der Waals surface area (Å²) in [7, 11) is 0. The zero-order valence-corrected chi connectivity index (χ0v) is 33.3. The van der Waals surface area contributed by atoms with Crippen LogP contribution in [0, 0.1) is 0 Å². The Morgan fingerprint density at radius 2 is 1.07 bits per heavy atom. The Balaban J connectivity index is 1.02. The van der Waals surface area contributed by atoms with Gasteiger partial charge in [-0.1, -0.05) is 135 Å². The molecular formula is C57H38N2O. The van der Waals surface area contributed by atoms with Gasteiger partial charge in [0.1, 0.15) is 11.2 Å². The lowest BCUT2D eigenvalue weighted by Crippen LogP contribution is -2.16. The van der Waals surface area contributed by atoms with Crippen LogP contribution in [0.1, 0.15) is 25.0 Å². The van der Waals surface area contributed by atoms with Crippen LogP contribution in [0.15, 0.2) is 199 Å². The van der Waals surface area contributed by atoms with Crippen molar-refractivity contribution in [2.24, 2.45) is 0 Å². The van der Waals surface area contributed by atoms with Crippen LogP contribution in [-0.2, 0) is 5.41 Å². The number of anilines is 3. The lowest BCUT2D eigenvalue weighted by molar-refractivity contribution is 0.660. The number of hydrogen-bond acceptors (Lipinski definition) is 2. The summed E-state index contributed by atoms with van der Waals surface area (Å²) in [6.07, 6.45) is 0. The standard InChI is InChI=1S/C57H38N2O/c1-57(2)47-20-10-8-16-41(47)42-29-28-39(34-48(42)57)58(51-31-32-53-56-54(51)44-18-7-6-15-40(44)45-19-12-22-52(60-53)55(45)56)38-26-23-35(24-27-38)36-25-30-50-46(33-36)43-17-9-11-21-49(43)59(50)37-13-4-3-5-14-37/h3-34H,1-2H3. The molecule has 2 aromatic heterocycles. The van der Waals surface area contributed by atoms with Crippen LogP contribution in [0.2, 0.25) is 0 Å². The lowest BCUT2D eigenvalue weighted by Gasteiger charge is -2.29. The Hall–Kier alpha value is -7.62. The second kappa shape index (κ2) is 12.2. The number of hydrogen-bond donors (Lipinski definition) is 0. The Kier molecular flexibility index (Phi) is 6.78. The molecule has 3 nitrogen and oxygen atoms in total. The van der Waals surface area contributed by atoms with Gasteiger partial charge in [0.15, 0.2) is 0 Å². The minimum atomic E-state index is -0.139. The fourth-order valence-corrected chi connectivity index (χ4v) is 10.6. The molecule has 60 heavy (non-hydrogen) atoms. The molecule has 13 rings (SSSR count). The van der Waals surface area contributed by atoms with Crippen LogP contribution in [0.25, 0.3) is 93.2 Å². The summed E-state index contributed by atoms with van der Waals surface area (Å²) >= 11 is 0. The van der Waals surface area contributed by atoms with Crippen molar-refractivity contribution < 1.29 is 4.42 Å². The van der Waals surface area contributed by atoms with Gasteiger partial charge in [0, 0.05) is 49.4 Å². The Morgan fingerprint density at radius 3 is 1.93 bits per heavy atom. The van der Waals surface area contributed by atoms with Gasteiger partial charge in [-0.05, 0) is 122 Å². The molecule has 10 aromatic carbocycles. The first-order chi connectivity index (χ1) is 29.5. The molecule has 0 amide bonds. The summed E-state index contributed by atoms with van der Waals surface area (Å²) in [5.74, 6) is 0. The van der Waals surface area contributed by atoms with Gasteiger partial charge < -0.3 is 13.9 Å². The van der Waals surface area contributed by atoms with Crippen LogP contribution in [0.3, 0.4) is 0 Å². The van der Waals surface area contributed by atoms with Crippen molar-refractivity contribution in [3.63, 3.8) is 0 Å². The van der Waals surface area contributed by atoms with E-state index in [1.807, 2.05) is 0 Å². The highest BCUT2D eigenvalue weighted by atomic mass is 16.3. The first-order valence-electron chi connectivity index (χ1n) is 20.8. The van der Waals surface area contributed by atoms with E-state index in [2.05, 4.69) is 217 Å². The molecule has 1 aliphatic rings. The molecule has 2 heterocycles. The number of benzene rings is 10. The molecule has 0 atom stereocenters. The van der Waals surface area contributed by atoms with Gasteiger partial charge >= 0.3 is 0 Å². The van der Waals surface area contributed by atoms with E-state index >= 15 is 0 Å². The number of aromatic nitrogens is 1. The number of nitrogens with zero attached hydrogens (tertiary/aromatic N) is 2. The van der Waals surface area contributed by atoms with Gasteiger partial charge in [0.2, 0.25) is 0 Å². The Morgan fingerprint density at radius 1 is 0.417 bits per heavy atom. The number of rotatable bonds is 5. The normalized spacial score (nSPS) is 13.3. The number of fused-ring (bicyclic) bond motifs is 9. The second-order valence-electron chi connectivity index (χ2n) is 16.9. The van der Waals surface area contributed by atoms with E-state index in [1.54, 1.807) is 0 Å². The Labute approximate surface area is 347 Å². The molecule has 0 radical (unpaired) electrons. The van der Waals surface area contributed by atoms with Gasteiger partial charge in [0.25, 0.3) is 0 Å². The quantitative estimate of drug-likeness (QED) is 0.163. The maximum absolute atomic E-state index is 6.58. The minimum Gasteiger partial charge on any atom is -0.456 e. The van der Waals surface area contributed by atoms with E-state index in [-0.39, 0.29) is 5.41 Å². The topological polar surface area (TPSA) is 21.3 Å². The van der Waals surface area contributed by atoms with Crippen molar-refractivity contribution in [3.05, 3.63) is 205 Å². The van der Waals surface area contributed by atoms with E-state index in [4.69, 9.17) is 4.42 Å². The monoisotopic (exact) mass is 766 g/mol.